The van der Waals surface area contributed by atoms with E-state index in [-0.39, 0.29) is 18.0 Å². The van der Waals surface area contributed by atoms with Crippen molar-refractivity contribution in [3.8, 4) is 0 Å². The van der Waals surface area contributed by atoms with E-state index in [0.717, 1.165) is 6.07 Å². The molecule has 14 heavy (non-hydrogen) atoms. The fourth-order valence-electron chi connectivity index (χ4n) is 0.945. The zero-order valence-electron chi connectivity index (χ0n) is 7.14. The van der Waals surface area contributed by atoms with Crippen LogP contribution in [0.1, 0.15) is 11.6 Å². The average molecular weight is 224 g/mol. The molecule has 2 N–H and O–H groups in total. The summed E-state index contributed by atoms with van der Waals surface area (Å²) < 4.78 is 38.2. The molecule has 5 heteroatoms. The van der Waals surface area contributed by atoms with Crippen molar-refractivity contribution in [2.24, 2.45) is 5.73 Å². The van der Waals surface area contributed by atoms with Crippen molar-refractivity contribution < 1.29 is 13.2 Å². The van der Waals surface area contributed by atoms with Crippen LogP contribution in [0.25, 0.3) is 0 Å². The standard InChI is InChI=1S/C9H8F3N.ClH/c1-2-8(13)6-3-5(10)4-7(11)9(6)12;/h2-4,8H,1,13H2;1H/t8-;/m1./s1. The van der Waals surface area contributed by atoms with Gasteiger partial charge in [0.05, 0.1) is 6.04 Å². The quantitative estimate of drug-likeness (QED) is 0.606. The lowest BCUT2D eigenvalue weighted by Crippen LogP contribution is -2.10. The van der Waals surface area contributed by atoms with Crippen LogP contribution in [0.5, 0.6) is 0 Å². The van der Waals surface area contributed by atoms with Crippen LogP contribution in [0.4, 0.5) is 13.2 Å². The first-order chi connectivity index (χ1) is 6.06. The van der Waals surface area contributed by atoms with E-state index >= 15 is 0 Å². The van der Waals surface area contributed by atoms with Gasteiger partial charge in [-0.2, -0.15) is 0 Å². The lowest BCUT2D eigenvalue weighted by atomic mass is 10.1. The van der Waals surface area contributed by atoms with Crippen molar-refractivity contribution in [1.29, 1.82) is 0 Å². The summed E-state index contributed by atoms with van der Waals surface area (Å²) in [7, 11) is 0. The van der Waals surface area contributed by atoms with Gasteiger partial charge in [-0.1, -0.05) is 6.08 Å². The van der Waals surface area contributed by atoms with E-state index in [1.165, 1.54) is 6.08 Å². The van der Waals surface area contributed by atoms with Gasteiger partial charge in [-0.3, -0.25) is 0 Å². The molecule has 1 aromatic carbocycles. The summed E-state index contributed by atoms with van der Waals surface area (Å²) in [5.74, 6) is -3.23. The van der Waals surface area contributed by atoms with Gasteiger partial charge in [-0.05, 0) is 6.07 Å². The molecule has 1 nitrogen and oxygen atoms in total. The van der Waals surface area contributed by atoms with Crippen molar-refractivity contribution in [2.75, 3.05) is 0 Å². The van der Waals surface area contributed by atoms with E-state index in [1.54, 1.807) is 0 Å². The molecule has 78 valence electrons. The predicted molar refractivity (Wildman–Crippen MR) is 50.7 cm³/mol. The van der Waals surface area contributed by atoms with Crippen LogP contribution in [-0.4, -0.2) is 0 Å². The van der Waals surface area contributed by atoms with Crippen molar-refractivity contribution in [3.63, 3.8) is 0 Å². The van der Waals surface area contributed by atoms with Gasteiger partial charge >= 0.3 is 0 Å². The molecule has 0 saturated heterocycles. The van der Waals surface area contributed by atoms with Crippen LogP contribution in [0, 0.1) is 17.5 Å². The Morgan fingerprint density at radius 1 is 1.29 bits per heavy atom. The van der Waals surface area contributed by atoms with Crippen LogP contribution in [0.2, 0.25) is 0 Å². The number of hydrogen-bond acceptors (Lipinski definition) is 1. The molecule has 0 spiro atoms. The first kappa shape index (κ1) is 13.0. The van der Waals surface area contributed by atoms with Crippen LogP contribution < -0.4 is 5.73 Å². The summed E-state index contributed by atoms with van der Waals surface area (Å²) in [5, 5.41) is 0. The third kappa shape index (κ3) is 2.49. The highest BCUT2D eigenvalue weighted by atomic mass is 35.5. The number of halogens is 4. The first-order valence-corrected chi connectivity index (χ1v) is 3.59. The Kier molecular flexibility index (Phi) is 4.67. The first-order valence-electron chi connectivity index (χ1n) is 3.59. The van der Waals surface area contributed by atoms with E-state index in [4.69, 9.17) is 5.73 Å². The Morgan fingerprint density at radius 3 is 2.36 bits per heavy atom. The molecule has 0 aliphatic carbocycles. The maximum Gasteiger partial charge on any atom is 0.164 e. The highest BCUT2D eigenvalue weighted by Crippen LogP contribution is 2.19. The highest BCUT2D eigenvalue weighted by molar-refractivity contribution is 5.85. The van der Waals surface area contributed by atoms with E-state index in [2.05, 4.69) is 6.58 Å². The van der Waals surface area contributed by atoms with Crippen LogP contribution in [0.15, 0.2) is 24.8 Å². The molecule has 0 bridgehead atoms. The van der Waals surface area contributed by atoms with Crippen molar-refractivity contribution in [3.05, 3.63) is 47.8 Å². The summed E-state index contributed by atoms with van der Waals surface area (Å²) >= 11 is 0. The molecule has 0 heterocycles. The minimum absolute atomic E-state index is 0. The molecule has 1 rings (SSSR count). The lowest BCUT2D eigenvalue weighted by molar-refractivity contribution is 0.481. The van der Waals surface area contributed by atoms with Gasteiger partial charge in [0.1, 0.15) is 5.82 Å². The van der Waals surface area contributed by atoms with Crippen LogP contribution in [-0.2, 0) is 0 Å². The zero-order valence-corrected chi connectivity index (χ0v) is 7.95. The topological polar surface area (TPSA) is 26.0 Å². The van der Waals surface area contributed by atoms with E-state index in [0.29, 0.717) is 6.07 Å². The molecule has 0 fully saturated rings. The molecule has 0 aliphatic heterocycles. The van der Waals surface area contributed by atoms with Gasteiger partial charge in [-0.25, -0.2) is 13.2 Å². The zero-order chi connectivity index (χ0) is 10.0. The van der Waals surface area contributed by atoms with Gasteiger partial charge in [0.25, 0.3) is 0 Å². The van der Waals surface area contributed by atoms with E-state index in [9.17, 15) is 13.2 Å². The summed E-state index contributed by atoms with van der Waals surface area (Å²) in [4.78, 5) is 0. The molecule has 1 atom stereocenters. The minimum Gasteiger partial charge on any atom is -0.321 e. The molecular formula is C9H9ClF3N. The van der Waals surface area contributed by atoms with Gasteiger partial charge in [0.15, 0.2) is 11.6 Å². The highest BCUT2D eigenvalue weighted by Gasteiger charge is 2.14. The summed E-state index contributed by atoms with van der Waals surface area (Å²) in [6, 6.07) is 0.421. The average Bonchev–Trinajstić information content (AvgIpc) is 2.10. The third-order valence-electron chi connectivity index (χ3n) is 1.63. The Bertz CT molecular complexity index is 341. The molecule has 0 amide bonds. The fourth-order valence-corrected chi connectivity index (χ4v) is 0.945. The summed E-state index contributed by atoms with van der Waals surface area (Å²) in [6.45, 7) is 3.30. The largest absolute Gasteiger partial charge is 0.321 e. The Balaban J connectivity index is 0.00000169. The monoisotopic (exact) mass is 223 g/mol. The molecule has 1 aromatic rings. The number of hydrogen-bond donors (Lipinski definition) is 1. The SMILES string of the molecule is C=C[C@@H](N)c1cc(F)cc(F)c1F.Cl. The van der Waals surface area contributed by atoms with Crippen LogP contribution >= 0.6 is 12.4 Å². The molecule has 0 radical (unpaired) electrons. The molecule has 0 aromatic heterocycles. The van der Waals surface area contributed by atoms with Crippen molar-refractivity contribution in [1.82, 2.24) is 0 Å². The third-order valence-corrected chi connectivity index (χ3v) is 1.63. The lowest BCUT2D eigenvalue weighted by Gasteiger charge is -2.08. The maximum atomic E-state index is 12.9. The summed E-state index contributed by atoms with van der Waals surface area (Å²) in [6.07, 6.45) is 1.21. The minimum atomic E-state index is -1.24. The second-order valence-electron chi connectivity index (χ2n) is 2.55. The van der Waals surface area contributed by atoms with Gasteiger partial charge in [-0.15, -0.1) is 19.0 Å². The van der Waals surface area contributed by atoms with E-state index in [1.807, 2.05) is 0 Å². The molecule has 0 unspecified atom stereocenters. The van der Waals surface area contributed by atoms with Gasteiger partial charge < -0.3 is 5.73 Å². The smallest absolute Gasteiger partial charge is 0.164 e. The Hall–Kier alpha value is -1.00. The van der Waals surface area contributed by atoms with Crippen molar-refractivity contribution in [2.45, 2.75) is 6.04 Å². The van der Waals surface area contributed by atoms with Gasteiger partial charge in [0.2, 0.25) is 0 Å². The maximum absolute atomic E-state index is 12.9. The Morgan fingerprint density at radius 2 is 1.86 bits per heavy atom. The molecule has 0 saturated carbocycles. The predicted octanol–water partition coefficient (Wildman–Crippen LogP) is 2.71. The molecule has 0 aliphatic rings. The normalized spacial score (nSPS) is 11.7. The van der Waals surface area contributed by atoms with E-state index < -0.39 is 23.5 Å². The summed E-state index contributed by atoms with van der Waals surface area (Å²) in [5.41, 5.74) is 5.11. The van der Waals surface area contributed by atoms with Crippen molar-refractivity contribution >= 4 is 12.4 Å². The fraction of sp³-hybridized carbons (Fsp3) is 0.111. The second-order valence-corrected chi connectivity index (χ2v) is 2.55. The van der Waals surface area contributed by atoms with Gasteiger partial charge in [0, 0.05) is 11.6 Å². The number of nitrogens with two attached hydrogens (primary N) is 1. The number of benzene rings is 1. The van der Waals surface area contributed by atoms with Crippen LogP contribution in [0.3, 0.4) is 0 Å². The number of rotatable bonds is 2. The second kappa shape index (κ2) is 5.02. The molecular weight excluding hydrogens is 215 g/mol. The Labute approximate surface area is 85.8 Å².